The van der Waals surface area contributed by atoms with Crippen LogP contribution in [0.4, 0.5) is 5.82 Å². The van der Waals surface area contributed by atoms with Gasteiger partial charge >= 0.3 is 0 Å². The lowest BCUT2D eigenvalue weighted by Gasteiger charge is -2.26. The molecular weight excluding hydrogens is 286 g/mol. The number of carbonyl (C=O) groups is 1. The first kappa shape index (κ1) is 16.1. The van der Waals surface area contributed by atoms with E-state index in [-0.39, 0.29) is 5.91 Å². The van der Waals surface area contributed by atoms with Crippen LogP contribution in [0.25, 0.3) is 0 Å². The number of aromatic nitrogens is 1. The van der Waals surface area contributed by atoms with Gasteiger partial charge in [-0.1, -0.05) is 25.4 Å². The molecule has 2 rings (SSSR count). The van der Waals surface area contributed by atoms with E-state index in [0.717, 1.165) is 38.8 Å². The number of nitrogens with zero attached hydrogens (tertiary/aromatic N) is 2. The van der Waals surface area contributed by atoms with Crippen LogP contribution in [0.5, 0.6) is 0 Å². The molecule has 0 bridgehead atoms. The van der Waals surface area contributed by atoms with E-state index in [9.17, 15) is 4.79 Å². The minimum Gasteiger partial charge on any atom is -0.366 e. The highest BCUT2D eigenvalue weighted by atomic mass is 35.5. The molecule has 0 aliphatic carbocycles. The topological polar surface area (TPSA) is 45.2 Å². The van der Waals surface area contributed by atoms with Crippen molar-refractivity contribution < 1.29 is 4.79 Å². The summed E-state index contributed by atoms with van der Waals surface area (Å²) in [5.41, 5.74) is 0.581. The number of nitrogens with one attached hydrogen (secondary N) is 1. The normalized spacial score (nSPS) is 15.3. The summed E-state index contributed by atoms with van der Waals surface area (Å²) in [4.78, 5) is 18.6. The maximum atomic E-state index is 12.4. The van der Waals surface area contributed by atoms with Crippen LogP contribution in [0.2, 0.25) is 5.02 Å². The third kappa shape index (κ3) is 4.10. The first-order valence-electron chi connectivity index (χ1n) is 7.87. The number of hydrogen-bond donors (Lipinski definition) is 1. The van der Waals surface area contributed by atoms with Crippen LogP contribution in [0.1, 0.15) is 56.3 Å². The summed E-state index contributed by atoms with van der Waals surface area (Å²) in [6, 6.07) is 2.09. The van der Waals surface area contributed by atoms with Crippen molar-refractivity contribution in [2.75, 3.05) is 18.4 Å². The number of rotatable bonds is 5. The number of anilines is 1. The molecule has 0 spiro atoms. The van der Waals surface area contributed by atoms with Gasteiger partial charge in [-0.3, -0.25) is 4.79 Å². The Kier molecular flexibility index (Phi) is 5.85. The van der Waals surface area contributed by atoms with Crippen molar-refractivity contribution in [1.82, 2.24) is 9.88 Å². The van der Waals surface area contributed by atoms with E-state index in [1.807, 2.05) is 4.90 Å². The van der Waals surface area contributed by atoms with E-state index in [4.69, 9.17) is 11.6 Å². The fourth-order valence-corrected chi connectivity index (χ4v) is 2.85. The Labute approximate surface area is 131 Å². The van der Waals surface area contributed by atoms with E-state index in [1.165, 1.54) is 6.42 Å². The Balaban J connectivity index is 2.09. The maximum absolute atomic E-state index is 12.4. The molecule has 116 valence electrons. The molecule has 21 heavy (non-hydrogen) atoms. The molecule has 4 nitrogen and oxygen atoms in total. The average Bonchev–Trinajstić information content (AvgIpc) is 2.54. The maximum Gasteiger partial charge on any atom is 0.255 e. The third-order valence-electron chi connectivity index (χ3n) is 4.06. The van der Waals surface area contributed by atoms with E-state index in [1.54, 1.807) is 12.3 Å². The van der Waals surface area contributed by atoms with E-state index in [0.29, 0.717) is 22.4 Å². The lowest BCUT2D eigenvalue weighted by molar-refractivity contribution is 0.0724. The molecule has 0 radical (unpaired) electrons. The van der Waals surface area contributed by atoms with Crippen molar-refractivity contribution in [3.8, 4) is 0 Å². The van der Waals surface area contributed by atoms with Crippen molar-refractivity contribution in [3.63, 3.8) is 0 Å². The summed E-state index contributed by atoms with van der Waals surface area (Å²) in [5, 5.41) is 3.84. The molecule has 1 aliphatic rings. The van der Waals surface area contributed by atoms with E-state index >= 15 is 0 Å². The zero-order chi connectivity index (χ0) is 15.2. The van der Waals surface area contributed by atoms with Gasteiger partial charge in [0.2, 0.25) is 0 Å². The van der Waals surface area contributed by atoms with Crippen LogP contribution in [-0.4, -0.2) is 34.9 Å². The molecule has 0 aromatic carbocycles. The van der Waals surface area contributed by atoms with Gasteiger partial charge in [0, 0.05) is 25.3 Å². The van der Waals surface area contributed by atoms with Crippen molar-refractivity contribution in [2.45, 2.75) is 52.0 Å². The summed E-state index contributed by atoms with van der Waals surface area (Å²) >= 11 is 6.27. The van der Waals surface area contributed by atoms with Gasteiger partial charge in [0.15, 0.2) is 0 Å². The molecule has 2 heterocycles. The van der Waals surface area contributed by atoms with Crippen molar-refractivity contribution in [2.24, 2.45) is 0 Å². The Bertz CT molecular complexity index is 482. The second kappa shape index (κ2) is 7.64. The Morgan fingerprint density at radius 2 is 2.00 bits per heavy atom. The molecule has 0 saturated carbocycles. The monoisotopic (exact) mass is 309 g/mol. The van der Waals surface area contributed by atoms with Crippen LogP contribution in [0.15, 0.2) is 12.3 Å². The average molecular weight is 310 g/mol. The zero-order valence-corrected chi connectivity index (χ0v) is 13.6. The highest BCUT2D eigenvalue weighted by Gasteiger charge is 2.19. The number of halogens is 1. The number of pyridine rings is 1. The minimum absolute atomic E-state index is 0.0400. The van der Waals surface area contributed by atoms with Gasteiger partial charge in [-0.25, -0.2) is 4.98 Å². The SMILES string of the molecule is CCC(CC)Nc1ncc(C(=O)N2CCCCC2)cc1Cl. The van der Waals surface area contributed by atoms with E-state index in [2.05, 4.69) is 24.1 Å². The second-order valence-electron chi connectivity index (χ2n) is 5.57. The highest BCUT2D eigenvalue weighted by Crippen LogP contribution is 2.23. The predicted octanol–water partition coefficient (Wildman–Crippen LogP) is 3.96. The molecule has 1 saturated heterocycles. The van der Waals surface area contributed by atoms with E-state index < -0.39 is 0 Å². The fourth-order valence-electron chi connectivity index (χ4n) is 2.63. The van der Waals surface area contributed by atoms with Crippen molar-refractivity contribution in [3.05, 3.63) is 22.8 Å². The Morgan fingerprint density at radius 1 is 1.33 bits per heavy atom. The third-order valence-corrected chi connectivity index (χ3v) is 4.35. The summed E-state index contributed by atoms with van der Waals surface area (Å²) in [6.45, 7) is 5.93. The minimum atomic E-state index is 0.0400. The standard InChI is InChI=1S/C16H24ClN3O/c1-3-13(4-2)19-15-14(17)10-12(11-18-15)16(21)20-8-6-5-7-9-20/h10-11,13H,3-9H2,1-2H3,(H,18,19). The van der Waals surface area contributed by atoms with Crippen LogP contribution >= 0.6 is 11.6 Å². The molecule has 1 aromatic heterocycles. The van der Waals surface area contributed by atoms with Gasteiger partial charge in [0.05, 0.1) is 10.6 Å². The van der Waals surface area contributed by atoms with Crippen molar-refractivity contribution in [1.29, 1.82) is 0 Å². The number of piperidine rings is 1. The summed E-state index contributed by atoms with van der Waals surface area (Å²) in [5.74, 6) is 0.707. The summed E-state index contributed by atoms with van der Waals surface area (Å²) < 4.78 is 0. The first-order valence-corrected chi connectivity index (χ1v) is 8.24. The fraction of sp³-hybridized carbons (Fsp3) is 0.625. The van der Waals surface area contributed by atoms with Gasteiger partial charge in [-0.2, -0.15) is 0 Å². The van der Waals surface area contributed by atoms with Crippen LogP contribution in [0.3, 0.4) is 0 Å². The van der Waals surface area contributed by atoms with Gasteiger partial charge in [0.1, 0.15) is 5.82 Å². The quantitative estimate of drug-likeness (QED) is 0.895. The first-order chi connectivity index (χ1) is 10.2. The molecule has 1 N–H and O–H groups in total. The van der Waals surface area contributed by atoms with Crippen LogP contribution in [-0.2, 0) is 0 Å². The zero-order valence-electron chi connectivity index (χ0n) is 12.9. The Hall–Kier alpha value is -1.29. The Morgan fingerprint density at radius 3 is 2.57 bits per heavy atom. The smallest absolute Gasteiger partial charge is 0.255 e. The lowest BCUT2D eigenvalue weighted by Crippen LogP contribution is -2.35. The largest absolute Gasteiger partial charge is 0.366 e. The highest BCUT2D eigenvalue weighted by molar-refractivity contribution is 6.33. The lowest BCUT2D eigenvalue weighted by atomic mass is 10.1. The molecule has 1 fully saturated rings. The number of amides is 1. The molecule has 1 aliphatic heterocycles. The van der Waals surface area contributed by atoms with Gasteiger partial charge in [0.25, 0.3) is 5.91 Å². The number of hydrogen-bond acceptors (Lipinski definition) is 3. The summed E-state index contributed by atoms with van der Waals surface area (Å²) in [7, 11) is 0. The summed E-state index contributed by atoms with van der Waals surface area (Å²) in [6.07, 6.45) is 7.04. The van der Waals surface area contributed by atoms with Crippen molar-refractivity contribution >= 4 is 23.3 Å². The molecular formula is C16H24ClN3O. The molecule has 0 unspecified atom stereocenters. The molecule has 1 aromatic rings. The van der Waals surface area contributed by atoms with Crippen LogP contribution < -0.4 is 5.32 Å². The second-order valence-corrected chi connectivity index (χ2v) is 5.97. The molecule has 1 amide bonds. The molecule has 0 atom stereocenters. The predicted molar refractivity (Wildman–Crippen MR) is 87.0 cm³/mol. The van der Waals surface area contributed by atoms with Gasteiger partial charge in [-0.05, 0) is 38.2 Å². The number of carbonyl (C=O) groups excluding carboxylic acids is 1. The number of likely N-dealkylation sites (tertiary alicyclic amines) is 1. The van der Waals surface area contributed by atoms with Crippen LogP contribution in [0, 0.1) is 0 Å². The molecule has 5 heteroatoms. The van der Waals surface area contributed by atoms with Gasteiger partial charge in [-0.15, -0.1) is 0 Å². The van der Waals surface area contributed by atoms with Gasteiger partial charge < -0.3 is 10.2 Å².